The summed E-state index contributed by atoms with van der Waals surface area (Å²) in [5.74, 6) is 1.08. The number of amides is 2. The first-order chi connectivity index (χ1) is 15.9. The van der Waals surface area contributed by atoms with Crippen LogP contribution >= 0.6 is 0 Å². The molecule has 0 saturated carbocycles. The van der Waals surface area contributed by atoms with Crippen LogP contribution in [0.4, 0.5) is 4.79 Å². The summed E-state index contributed by atoms with van der Waals surface area (Å²) in [4.78, 5) is 33.4. The Morgan fingerprint density at radius 2 is 1.94 bits per heavy atom. The van der Waals surface area contributed by atoms with Crippen LogP contribution in [-0.4, -0.2) is 40.7 Å². The molecule has 0 radical (unpaired) electrons. The number of aryl methyl sites for hydroxylation is 1. The summed E-state index contributed by atoms with van der Waals surface area (Å²) in [7, 11) is 1.59. The average molecular weight is 451 g/mol. The molecule has 3 rings (SSSR count). The van der Waals surface area contributed by atoms with Gasteiger partial charge in [-0.05, 0) is 57.0 Å². The van der Waals surface area contributed by atoms with Crippen LogP contribution in [0.25, 0.3) is 16.6 Å². The first kappa shape index (κ1) is 24.3. The van der Waals surface area contributed by atoms with Crippen LogP contribution in [0.2, 0.25) is 0 Å². The fourth-order valence-electron chi connectivity index (χ4n) is 4.03. The third kappa shape index (κ3) is 5.18. The molecule has 0 aliphatic rings. The number of methoxy groups -OCH3 is 1. The molecule has 2 amide bonds. The molecule has 0 spiro atoms. The summed E-state index contributed by atoms with van der Waals surface area (Å²) < 4.78 is 7.20. The smallest absolute Gasteiger partial charge is 0.318 e. The van der Waals surface area contributed by atoms with Crippen molar-refractivity contribution in [2.45, 2.75) is 53.0 Å². The van der Waals surface area contributed by atoms with Gasteiger partial charge in [0.05, 0.1) is 29.7 Å². The zero-order chi connectivity index (χ0) is 24.0. The molecular formula is C26H34N4O3. The Morgan fingerprint density at radius 1 is 1.18 bits per heavy atom. The van der Waals surface area contributed by atoms with Gasteiger partial charge >= 0.3 is 6.03 Å². The Hall–Kier alpha value is -3.35. The van der Waals surface area contributed by atoms with Crippen molar-refractivity contribution < 1.29 is 9.53 Å². The van der Waals surface area contributed by atoms with Crippen LogP contribution in [0.5, 0.6) is 5.75 Å². The van der Waals surface area contributed by atoms with E-state index in [1.165, 1.54) is 0 Å². The van der Waals surface area contributed by atoms with Gasteiger partial charge in [-0.15, -0.1) is 0 Å². The molecule has 0 aliphatic carbocycles. The van der Waals surface area contributed by atoms with Crippen molar-refractivity contribution >= 4 is 16.9 Å². The van der Waals surface area contributed by atoms with E-state index >= 15 is 0 Å². The van der Waals surface area contributed by atoms with Crippen molar-refractivity contribution in [3.05, 3.63) is 64.2 Å². The Morgan fingerprint density at radius 3 is 2.64 bits per heavy atom. The van der Waals surface area contributed by atoms with Gasteiger partial charge in [-0.3, -0.25) is 9.36 Å². The first-order valence-electron chi connectivity index (χ1n) is 11.6. The number of benzene rings is 2. The van der Waals surface area contributed by atoms with Gasteiger partial charge in [0.15, 0.2) is 0 Å². The number of aromatic nitrogens is 2. The lowest BCUT2D eigenvalue weighted by atomic mass is 10.1. The lowest BCUT2D eigenvalue weighted by Gasteiger charge is -2.31. The number of hydrogen-bond donors (Lipinski definition) is 1. The molecule has 0 saturated heterocycles. The molecular weight excluding hydrogens is 416 g/mol. The minimum Gasteiger partial charge on any atom is -0.495 e. The third-order valence-electron chi connectivity index (χ3n) is 5.81. The summed E-state index contributed by atoms with van der Waals surface area (Å²) in [6.45, 7) is 9.03. The highest BCUT2D eigenvalue weighted by molar-refractivity contribution is 5.78. The molecule has 3 aromatic rings. The van der Waals surface area contributed by atoms with Gasteiger partial charge in [0, 0.05) is 13.1 Å². The van der Waals surface area contributed by atoms with Crippen molar-refractivity contribution in [1.29, 1.82) is 0 Å². The van der Waals surface area contributed by atoms with E-state index in [0.717, 1.165) is 24.8 Å². The average Bonchev–Trinajstić information content (AvgIpc) is 2.81. The van der Waals surface area contributed by atoms with Gasteiger partial charge in [0.25, 0.3) is 5.56 Å². The Labute approximate surface area is 195 Å². The highest BCUT2D eigenvalue weighted by Crippen LogP contribution is 2.28. The number of unbranched alkanes of at least 4 members (excludes halogenated alkanes) is 2. The summed E-state index contributed by atoms with van der Waals surface area (Å²) in [5.41, 5.74) is 2.03. The topological polar surface area (TPSA) is 76.5 Å². The van der Waals surface area contributed by atoms with Crippen LogP contribution in [0.1, 0.15) is 57.5 Å². The fourth-order valence-corrected chi connectivity index (χ4v) is 4.03. The standard InChI is InChI=1S/C26H34N4O3/c1-6-8-11-16-29(26(32)27-7-2)19(4)24-28-21-13-10-9-12-20(21)25(31)30(24)22-17-18(3)14-15-23(22)33-5/h9-10,12-15,17,19H,6-8,11,16H2,1-5H3,(H,27,32). The van der Waals surface area contributed by atoms with Crippen LogP contribution < -0.4 is 15.6 Å². The van der Waals surface area contributed by atoms with Crippen molar-refractivity contribution in [2.24, 2.45) is 0 Å². The lowest BCUT2D eigenvalue weighted by Crippen LogP contribution is -2.43. The number of carbonyl (C=O) groups is 1. The summed E-state index contributed by atoms with van der Waals surface area (Å²) in [6, 6.07) is 12.4. The van der Waals surface area contributed by atoms with Gasteiger partial charge in [0.2, 0.25) is 0 Å². The molecule has 7 heteroatoms. The Kier molecular flexibility index (Phi) is 8.09. The number of para-hydroxylation sites is 1. The van der Waals surface area contributed by atoms with E-state index in [2.05, 4.69) is 12.2 Å². The monoisotopic (exact) mass is 450 g/mol. The van der Waals surface area contributed by atoms with Crippen LogP contribution in [0, 0.1) is 6.92 Å². The number of rotatable bonds is 9. The molecule has 1 heterocycles. The molecule has 33 heavy (non-hydrogen) atoms. The summed E-state index contributed by atoms with van der Waals surface area (Å²) in [5, 5.41) is 3.43. The van der Waals surface area contributed by atoms with Crippen LogP contribution in [0.3, 0.4) is 0 Å². The van der Waals surface area contributed by atoms with E-state index in [1.807, 2.05) is 57.2 Å². The second kappa shape index (κ2) is 11.0. The summed E-state index contributed by atoms with van der Waals surface area (Å²) >= 11 is 0. The van der Waals surface area contributed by atoms with E-state index in [1.54, 1.807) is 22.6 Å². The van der Waals surface area contributed by atoms with Crippen molar-refractivity contribution in [3.8, 4) is 11.4 Å². The van der Waals surface area contributed by atoms with Crippen molar-refractivity contribution in [1.82, 2.24) is 19.8 Å². The highest BCUT2D eigenvalue weighted by atomic mass is 16.5. The summed E-state index contributed by atoms with van der Waals surface area (Å²) in [6.07, 6.45) is 2.95. The predicted molar refractivity (Wildman–Crippen MR) is 132 cm³/mol. The number of urea groups is 1. The van der Waals surface area contributed by atoms with Crippen LogP contribution in [-0.2, 0) is 0 Å². The van der Waals surface area contributed by atoms with Crippen molar-refractivity contribution in [3.63, 3.8) is 0 Å². The zero-order valence-electron chi connectivity index (χ0n) is 20.2. The molecule has 1 atom stereocenters. The number of nitrogens with one attached hydrogen (secondary N) is 1. The molecule has 0 bridgehead atoms. The van der Waals surface area contributed by atoms with Crippen molar-refractivity contribution in [2.75, 3.05) is 20.2 Å². The second-order valence-corrected chi connectivity index (χ2v) is 8.21. The Balaban J connectivity index is 2.26. The highest BCUT2D eigenvalue weighted by Gasteiger charge is 2.27. The molecule has 176 valence electrons. The molecule has 0 aliphatic heterocycles. The molecule has 1 N–H and O–H groups in total. The molecule has 1 unspecified atom stereocenters. The van der Waals surface area contributed by atoms with Gasteiger partial charge < -0.3 is 15.0 Å². The first-order valence-corrected chi connectivity index (χ1v) is 11.6. The van der Waals surface area contributed by atoms with E-state index < -0.39 is 6.04 Å². The maximum Gasteiger partial charge on any atom is 0.318 e. The van der Waals surface area contributed by atoms with E-state index in [0.29, 0.717) is 41.3 Å². The predicted octanol–water partition coefficient (Wildman–Crippen LogP) is 4.99. The van der Waals surface area contributed by atoms with E-state index in [9.17, 15) is 9.59 Å². The SMILES string of the molecule is CCCCCN(C(=O)NCC)C(C)c1nc2ccccc2c(=O)n1-c1cc(C)ccc1OC. The number of nitrogens with zero attached hydrogens (tertiary/aromatic N) is 3. The molecule has 2 aromatic carbocycles. The van der Waals surface area contributed by atoms with Crippen LogP contribution in [0.15, 0.2) is 47.3 Å². The minimum absolute atomic E-state index is 0.161. The Bertz CT molecular complexity index is 1170. The number of ether oxygens (including phenoxy) is 1. The maximum atomic E-state index is 13.8. The minimum atomic E-state index is -0.434. The second-order valence-electron chi connectivity index (χ2n) is 8.21. The van der Waals surface area contributed by atoms with Gasteiger partial charge in [-0.1, -0.05) is 38.0 Å². The van der Waals surface area contributed by atoms with E-state index in [4.69, 9.17) is 9.72 Å². The number of fused-ring (bicyclic) bond motifs is 1. The molecule has 7 nitrogen and oxygen atoms in total. The van der Waals surface area contributed by atoms with Gasteiger partial charge in [0.1, 0.15) is 11.6 Å². The molecule has 1 aromatic heterocycles. The molecule has 0 fully saturated rings. The lowest BCUT2D eigenvalue weighted by molar-refractivity contribution is 0.174. The quantitative estimate of drug-likeness (QED) is 0.466. The number of carbonyl (C=O) groups excluding carboxylic acids is 1. The van der Waals surface area contributed by atoms with E-state index in [-0.39, 0.29) is 11.6 Å². The normalized spacial score (nSPS) is 11.9. The maximum absolute atomic E-state index is 13.8. The third-order valence-corrected chi connectivity index (χ3v) is 5.81. The van der Waals surface area contributed by atoms with Gasteiger partial charge in [-0.2, -0.15) is 0 Å². The largest absolute Gasteiger partial charge is 0.495 e. The zero-order valence-corrected chi connectivity index (χ0v) is 20.2. The number of hydrogen-bond acceptors (Lipinski definition) is 4. The fraction of sp³-hybridized carbons (Fsp3) is 0.423. The van der Waals surface area contributed by atoms with Gasteiger partial charge in [-0.25, -0.2) is 9.78 Å².